The average molecular weight is 1900 g/mol. The smallest absolute Gasteiger partial charge is 0.305 e. The molecule has 0 spiro atoms. The molecule has 17 N–H and O–H groups in total. The summed E-state index contributed by atoms with van der Waals surface area (Å²) in [7, 11) is 3.53. The highest BCUT2D eigenvalue weighted by Crippen LogP contribution is 2.28. The van der Waals surface area contributed by atoms with Crippen molar-refractivity contribution in [2.45, 2.75) is 196 Å². The largest absolute Gasteiger partial charge is 0.508 e. The number of aliphatic carboxylic acids is 2. The molecule has 15 amide bonds. The molecule has 3 aliphatic heterocycles. The molecule has 0 radical (unpaired) electrons. The number of likely N-dealkylation sites (N-methyl/N-ethyl adjacent to an activating group) is 3. The number of carboxylic acids is 2. The second-order valence-corrected chi connectivity index (χ2v) is 34.8. The first-order chi connectivity index (χ1) is 64.2. The number of hydrogen-bond acceptors (Lipinski definition) is 21. The summed E-state index contributed by atoms with van der Waals surface area (Å²) < 4.78 is 65.6. The van der Waals surface area contributed by atoms with Crippen molar-refractivity contribution in [3.05, 3.63) is 173 Å². The van der Waals surface area contributed by atoms with Gasteiger partial charge in [-0.05, 0) is 121 Å². The lowest BCUT2D eigenvalue weighted by Gasteiger charge is -2.38. The monoisotopic (exact) mass is 1900 g/mol. The van der Waals surface area contributed by atoms with E-state index < -0.39 is 277 Å². The zero-order chi connectivity index (χ0) is 98.6. The van der Waals surface area contributed by atoms with Crippen LogP contribution < -0.4 is 59.3 Å². The standard InChI is InChI=1S/C92H115F4N17O21S/c1-7-8-21-70-91(132)112-34-15-22-69(112)85(126)106-66(44-77(119)120)84(125)108-79(50(2)3)92(133)110(5)71(41-51-16-10-9-11-17-51)86(127)103-63(31-32-76(117)118)89(130)113-35-36-134-47-73(113)87(128)105-65(43-55-45-99-61-19-13-12-18-58(55)61)83(124)104-64(39-52-25-29-57(114)30-26-52)82(123)102-62(20-14-33-97)81(122)107-68(80(121)100-46-74(98)115)48-135-49-75(116)101-67(40-54-37-59(94)78(96)60(95)38-54)88(129)111(6)72(90(131)109(70)4)42-53-23-27-56(93)28-24-53/h9-13,16-19,23-30,37-38,45,50,62-73,79,99,114H,7-8,14-15,20-22,31-36,39-44,46-49,97H2,1-6H3,(H2,98,115)(H,100,121)(H,101,116)(H,102,123)(H,103,127)(H,104,124)(H,105,128)(H,106,126)(H,107,122)(H,108,125)(H,117,118)(H,119,120)/t62-,63-,64-,65-,66-,67-,68-,69+,70-,71-,72?,73+,79-/m0/s1. The van der Waals surface area contributed by atoms with Crippen LogP contribution in [0.5, 0.6) is 5.75 Å². The van der Waals surface area contributed by atoms with E-state index in [1.807, 2.05) is 0 Å². The number of primary amides is 1. The highest BCUT2D eigenvalue weighted by atomic mass is 32.2. The number of H-pyrrole nitrogens is 1. The first-order valence-corrected chi connectivity index (χ1v) is 45.3. The number of carboxylic acid groups (broad SMARTS) is 2. The summed E-state index contributed by atoms with van der Waals surface area (Å²) in [4.78, 5) is 258. The fourth-order valence-corrected chi connectivity index (χ4v) is 17.0. The minimum absolute atomic E-state index is 0.00553. The molecule has 3 saturated heterocycles. The van der Waals surface area contributed by atoms with Gasteiger partial charge in [-0.15, -0.1) is 11.8 Å². The van der Waals surface area contributed by atoms with Crippen LogP contribution in [0.3, 0.4) is 0 Å². The van der Waals surface area contributed by atoms with E-state index in [1.54, 1.807) is 67.7 Å². The number of thioether (sulfide) groups is 1. The molecule has 1 aromatic heterocycles. The van der Waals surface area contributed by atoms with Crippen molar-refractivity contribution in [1.82, 2.24) is 77.3 Å². The van der Waals surface area contributed by atoms with Crippen molar-refractivity contribution in [2.24, 2.45) is 17.4 Å². The number of aromatic hydroxyl groups is 1. The van der Waals surface area contributed by atoms with Gasteiger partial charge in [-0.25, -0.2) is 17.6 Å². The predicted molar refractivity (Wildman–Crippen MR) is 482 cm³/mol. The molecule has 5 aromatic carbocycles. The lowest BCUT2D eigenvalue weighted by Crippen LogP contribution is -2.64. The van der Waals surface area contributed by atoms with Gasteiger partial charge in [0, 0.05) is 95.6 Å². The number of carbonyl (C=O) groups is 17. The zero-order valence-electron chi connectivity index (χ0n) is 75.4. The van der Waals surface area contributed by atoms with Crippen LogP contribution in [0.1, 0.15) is 113 Å². The number of phenols is 1. The van der Waals surface area contributed by atoms with Crippen molar-refractivity contribution in [1.29, 1.82) is 0 Å². The fourth-order valence-electron chi connectivity index (χ4n) is 16.1. The number of rotatable bonds is 25. The number of para-hydroxylation sites is 1. The molecule has 728 valence electrons. The van der Waals surface area contributed by atoms with Gasteiger partial charge in [0.25, 0.3) is 0 Å². The first-order valence-electron chi connectivity index (χ1n) is 44.2. The molecule has 0 aliphatic carbocycles. The number of halogens is 4. The summed E-state index contributed by atoms with van der Waals surface area (Å²) in [5.74, 6) is -27.4. The Labute approximate surface area is 779 Å². The van der Waals surface area contributed by atoms with Crippen LogP contribution in [0.15, 0.2) is 121 Å². The normalized spacial score (nSPS) is 23.5. The SMILES string of the molecule is CCCC[C@H]1C(=O)N2CCC[C@@H]2C(=O)N[C@@H](CC(=O)O)C(=O)N[C@@H](C(C)C)C(=O)N(C)[C@@H](Cc2ccccc2)C(=O)N[C@@H](CCC(=O)O)C(=O)N2CCOC[C@@H]2C(=O)N[C@@H](Cc2c[nH]c3ccccc23)C(=O)N[C@@H](Cc2ccc(O)cc2)C(=O)N[C@@H](CCCN)C(=O)N[C@H](C(=O)NCC(N)=O)CSCC(=O)N[C@@H](Cc2cc(F)c(F)c(F)c2)C(=O)N(C)C(Cc2ccc(F)cc2)C(=O)N1C. The summed E-state index contributed by atoms with van der Waals surface area (Å²) >= 11 is 0.616. The molecule has 0 saturated carbocycles. The summed E-state index contributed by atoms with van der Waals surface area (Å²) in [5.41, 5.74) is 13.0. The van der Waals surface area contributed by atoms with Gasteiger partial charge in [0.2, 0.25) is 88.6 Å². The number of phenolic OH excluding ortho intramolecular Hbond substituents is 1. The van der Waals surface area contributed by atoms with Gasteiger partial charge in [-0.2, -0.15) is 0 Å². The van der Waals surface area contributed by atoms with Crippen LogP contribution in [-0.4, -0.2) is 296 Å². The maximum Gasteiger partial charge on any atom is 0.305 e. The molecule has 0 bridgehead atoms. The summed E-state index contributed by atoms with van der Waals surface area (Å²) in [6.45, 7) is 2.52. The Morgan fingerprint density at radius 3 is 1.76 bits per heavy atom. The number of fused-ring (bicyclic) bond motifs is 3. The Morgan fingerprint density at radius 2 is 1.10 bits per heavy atom. The summed E-state index contributed by atoms with van der Waals surface area (Å²) in [6.07, 6.45) is -3.08. The molecular formula is C92H115F4N17O21S. The number of nitrogens with zero attached hydrogens (tertiary/aromatic N) is 5. The maximum atomic E-state index is 15.7. The minimum Gasteiger partial charge on any atom is -0.508 e. The van der Waals surface area contributed by atoms with E-state index in [2.05, 4.69) is 52.8 Å². The third kappa shape index (κ3) is 29.5. The topological polar surface area (TPSA) is 552 Å². The number of nitrogens with one attached hydrogen (secondary N) is 10. The number of ether oxygens (including phenoxy) is 1. The number of aromatic amines is 1. The van der Waals surface area contributed by atoms with Gasteiger partial charge >= 0.3 is 11.9 Å². The van der Waals surface area contributed by atoms with Crippen LogP contribution in [0.4, 0.5) is 17.6 Å². The zero-order valence-corrected chi connectivity index (χ0v) is 76.2. The lowest BCUT2D eigenvalue weighted by molar-refractivity contribution is -0.152. The second-order valence-electron chi connectivity index (χ2n) is 33.8. The van der Waals surface area contributed by atoms with E-state index in [-0.39, 0.29) is 88.9 Å². The number of morpholine rings is 1. The molecule has 4 heterocycles. The van der Waals surface area contributed by atoms with E-state index in [4.69, 9.17) is 16.2 Å². The maximum absolute atomic E-state index is 15.7. The van der Waals surface area contributed by atoms with Crippen molar-refractivity contribution < 1.29 is 119 Å². The Balaban J connectivity index is 1.14. The van der Waals surface area contributed by atoms with E-state index >= 15 is 51.9 Å². The van der Waals surface area contributed by atoms with Crippen molar-refractivity contribution in [3.8, 4) is 5.75 Å². The van der Waals surface area contributed by atoms with Gasteiger partial charge < -0.3 is 109 Å². The third-order valence-electron chi connectivity index (χ3n) is 23.6. The Kier molecular flexibility index (Phi) is 38.9. The molecule has 3 fully saturated rings. The van der Waals surface area contributed by atoms with Crippen LogP contribution >= 0.6 is 11.8 Å². The molecule has 3 aliphatic rings. The number of hydrogen-bond donors (Lipinski definition) is 15. The van der Waals surface area contributed by atoms with Crippen molar-refractivity contribution in [3.63, 3.8) is 0 Å². The Bertz CT molecular complexity index is 5250. The number of nitrogens with two attached hydrogens (primary N) is 2. The first kappa shape index (κ1) is 105. The molecule has 43 heteroatoms. The molecule has 13 atom stereocenters. The third-order valence-corrected chi connectivity index (χ3v) is 24.6. The Morgan fingerprint density at radius 1 is 0.541 bits per heavy atom. The molecule has 135 heavy (non-hydrogen) atoms. The molecular weight excluding hydrogens is 1790 g/mol. The van der Waals surface area contributed by atoms with Gasteiger partial charge in [-0.1, -0.05) is 106 Å². The van der Waals surface area contributed by atoms with E-state index in [1.165, 1.54) is 64.3 Å². The van der Waals surface area contributed by atoms with Gasteiger partial charge in [0.1, 0.15) is 90.1 Å². The second kappa shape index (κ2) is 50.0. The van der Waals surface area contributed by atoms with E-state index in [9.17, 15) is 62.5 Å². The highest BCUT2D eigenvalue weighted by molar-refractivity contribution is 8.00. The van der Waals surface area contributed by atoms with Gasteiger partial charge in [0.15, 0.2) is 17.5 Å². The lowest BCUT2D eigenvalue weighted by atomic mass is 9.98. The number of carbonyl (C=O) groups excluding carboxylic acids is 15. The number of amides is 15. The molecule has 38 nitrogen and oxygen atoms in total. The number of unbranched alkanes of at least 4 members (excludes halogenated alkanes) is 1. The van der Waals surface area contributed by atoms with Gasteiger partial charge in [0.05, 0.1) is 31.9 Å². The number of aromatic nitrogens is 1. The van der Waals surface area contributed by atoms with E-state index in [0.717, 1.165) is 43.7 Å². The van der Waals surface area contributed by atoms with Crippen LogP contribution in [0.2, 0.25) is 0 Å². The van der Waals surface area contributed by atoms with Crippen molar-refractivity contribution >= 4 is 123 Å². The van der Waals surface area contributed by atoms with Crippen LogP contribution in [0.25, 0.3) is 10.9 Å². The average Bonchev–Trinajstić information content (AvgIpc) is 1.78. The molecule has 6 aromatic rings. The minimum atomic E-state index is -2.00. The molecule has 9 rings (SSSR count). The fraction of sp³-hybridized carbons (Fsp3) is 0.467. The van der Waals surface area contributed by atoms with E-state index in [0.29, 0.717) is 57.9 Å². The summed E-state index contributed by atoms with van der Waals surface area (Å²) in [6, 6.07) is 3.80. The van der Waals surface area contributed by atoms with Gasteiger partial charge in [-0.3, -0.25) is 81.5 Å². The number of benzene rings is 5. The highest BCUT2D eigenvalue weighted by Gasteiger charge is 2.46. The summed E-state index contributed by atoms with van der Waals surface area (Å²) in [5, 5.41) is 54.5. The van der Waals surface area contributed by atoms with Crippen LogP contribution in [0, 0.1) is 29.2 Å². The quantitative estimate of drug-likeness (QED) is 0.0278. The molecule has 1 unspecified atom stereocenters. The Hall–Kier alpha value is -13.6. The van der Waals surface area contributed by atoms with Crippen LogP contribution in [-0.2, 0) is 118 Å². The predicted octanol–water partition coefficient (Wildman–Crippen LogP) is 0.794. The van der Waals surface area contributed by atoms with Crippen molar-refractivity contribution in [2.75, 3.05) is 72.0 Å².